The van der Waals surface area contributed by atoms with E-state index in [0.29, 0.717) is 11.8 Å². The maximum Gasteiger partial charge on any atom is 0.0858 e. The lowest BCUT2D eigenvalue weighted by Crippen LogP contribution is -2.30. The first-order chi connectivity index (χ1) is 5.42. The van der Waals surface area contributed by atoms with Gasteiger partial charge in [-0.05, 0) is 25.3 Å². The van der Waals surface area contributed by atoms with E-state index >= 15 is 0 Å². The fraction of sp³-hybridized carbons (Fsp3) is 0.714. The van der Waals surface area contributed by atoms with Crippen molar-refractivity contribution in [3.8, 4) is 0 Å². The summed E-state index contributed by atoms with van der Waals surface area (Å²) in [6, 6.07) is 0. The summed E-state index contributed by atoms with van der Waals surface area (Å²) in [4.78, 5) is 0. The Kier molecular flexibility index (Phi) is 1.62. The molecule has 1 heterocycles. The van der Waals surface area contributed by atoms with Gasteiger partial charge in [0.25, 0.3) is 0 Å². The Morgan fingerprint density at radius 1 is 1.64 bits per heavy atom. The van der Waals surface area contributed by atoms with Crippen LogP contribution in [0.1, 0.15) is 24.5 Å². The van der Waals surface area contributed by atoms with Crippen LogP contribution in [0.25, 0.3) is 0 Å². The van der Waals surface area contributed by atoms with Gasteiger partial charge in [0, 0.05) is 5.92 Å². The number of hydrogen-bond acceptors (Lipinski definition) is 3. The van der Waals surface area contributed by atoms with E-state index in [2.05, 4.69) is 15.4 Å². The van der Waals surface area contributed by atoms with Gasteiger partial charge in [-0.25, -0.2) is 0 Å². The lowest BCUT2D eigenvalue weighted by molar-refractivity contribution is 0.258. The van der Waals surface area contributed by atoms with Crippen LogP contribution in [0.2, 0.25) is 0 Å². The summed E-state index contributed by atoms with van der Waals surface area (Å²) in [6.07, 6.45) is 4.26. The topological polar surface area (TPSA) is 67.6 Å². The zero-order valence-electron chi connectivity index (χ0n) is 6.33. The molecule has 0 aromatic carbocycles. The van der Waals surface area contributed by atoms with Crippen molar-refractivity contribution < 1.29 is 0 Å². The highest BCUT2D eigenvalue weighted by Crippen LogP contribution is 2.40. The summed E-state index contributed by atoms with van der Waals surface area (Å²) < 4.78 is 0. The van der Waals surface area contributed by atoms with Crippen LogP contribution in [-0.2, 0) is 0 Å². The molecule has 1 aliphatic rings. The Morgan fingerprint density at radius 2 is 2.55 bits per heavy atom. The molecule has 1 aromatic heterocycles. The molecule has 0 unspecified atom stereocenters. The predicted octanol–water partition coefficient (Wildman–Crippen LogP) is 0.257. The van der Waals surface area contributed by atoms with Crippen molar-refractivity contribution in [1.29, 1.82) is 0 Å². The first-order valence-corrected chi connectivity index (χ1v) is 3.97. The van der Waals surface area contributed by atoms with Crippen LogP contribution in [0, 0.1) is 5.92 Å². The van der Waals surface area contributed by atoms with E-state index in [1.807, 2.05) is 0 Å². The molecule has 0 aliphatic heterocycles. The van der Waals surface area contributed by atoms with E-state index in [1.54, 1.807) is 6.20 Å². The third-order valence-electron chi connectivity index (χ3n) is 2.53. The van der Waals surface area contributed by atoms with Crippen LogP contribution >= 0.6 is 0 Å². The van der Waals surface area contributed by atoms with E-state index in [0.717, 1.165) is 12.2 Å². The maximum absolute atomic E-state index is 5.57. The number of nitrogens with two attached hydrogens (primary N) is 1. The van der Waals surface area contributed by atoms with Gasteiger partial charge in [0.15, 0.2) is 0 Å². The Labute approximate surface area is 65.2 Å². The number of H-pyrrole nitrogens is 1. The van der Waals surface area contributed by atoms with Crippen LogP contribution in [0.5, 0.6) is 0 Å². The highest BCUT2D eigenvalue weighted by molar-refractivity contribution is 5.08. The van der Waals surface area contributed by atoms with Gasteiger partial charge in [0.05, 0.1) is 11.9 Å². The van der Waals surface area contributed by atoms with Gasteiger partial charge in [-0.3, -0.25) is 0 Å². The number of hydrogen-bond donors (Lipinski definition) is 2. The summed E-state index contributed by atoms with van der Waals surface area (Å²) in [6.45, 7) is 0.775. The third-order valence-corrected chi connectivity index (χ3v) is 2.53. The molecule has 4 heteroatoms. The lowest BCUT2D eigenvalue weighted by Gasteiger charge is -2.33. The predicted molar refractivity (Wildman–Crippen MR) is 40.9 cm³/mol. The van der Waals surface area contributed by atoms with Crippen LogP contribution in [0.15, 0.2) is 6.20 Å². The fourth-order valence-corrected chi connectivity index (χ4v) is 1.63. The summed E-state index contributed by atoms with van der Waals surface area (Å²) >= 11 is 0. The molecule has 1 saturated carbocycles. The molecule has 0 saturated heterocycles. The van der Waals surface area contributed by atoms with Crippen molar-refractivity contribution in [3.05, 3.63) is 11.9 Å². The van der Waals surface area contributed by atoms with Crippen LogP contribution in [-0.4, -0.2) is 22.0 Å². The van der Waals surface area contributed by atoms with Gasteiger partial charge in [-0.2, -0.15) is 15.4 Å². The molecule has 11 heavy (non-hydrogen) atoms. The fourth-order valence-electron chi connectivity index (χ4n) is 1.63. The molecule has 0 spiro atoms. The Morgan fingerprint density at radius 3 is 3.00 bits per heavy atom. The maximum atomic E-state index is 5.57. The summed E-state index contributed by atoms with van der Waals surface area (Å²) in [5.41, 5.74) is 6.65. The van der Waals surface area contributed by atoms with Gasteiger partial charge < -0.3 is 5.73 Å². The molecule has 60 valence electrons. The molecule has 0 radical (unpaired) electrons. The van der Waals surface area contributed by atoms with Crippen molar-refractivity contribution >= 4 is 0 Å². The Balaban J connectivity index is 2.07. The van der Waals surface area contributed by atoms with E-state index < -0.39 is 0 Å². The van der Waals surface area contributed by atoms with Gasteiger partial charge in [-0.1, -0.05) is 0 Å². The normalized spacial score (nSPS) is 29.9. The number of nitrogens with one attached hydrogen (secondary N) is 1. The Hall–Kier alpha value is -0.900. The molecule has 2 rings (SSSR count). The molecule has 2 atom stereocenters. The quantitative estimate of drug-likeness (QED) is 0.638. The molecule has 3 N–H and O–H groups in total. The van der Waals surface area contributed by atoms with Gasteiger partial charge >= 0.3 is 0 Å². The van der Waals surface area contributed by atoms with Crippen molar-refractivity contribution in [2.24, 2.45) is 11.7 Å². The highest BCUT2D eigenvalue weighted by atomic mass is 15.3. The average Bonchev–Trinajstić information content (AvgIpc) is 2.39. The van der Waals surface area contributed by atoms with Gasteiger partial charge in [0.2, 0.25) is 0 Å². The summed E-state index contributed by atoms with van der Waals surface area (Å²) in [7, 11) is 0. The van der Waals surface area contributed by atoms with E-state index in [9.17, 15) is 0 Å². The standard InChI is InChI=1S/C7H12N4/c8-3-5-1-2-6(5)7-4-9-11-10-7/h4-6H,1-3,8H2,(H,9,10,11)/t5-,6-/m0/s1. The first-order valence-electron chi connectivity index (χ1n) is 3.97. The molecular formula is C7H12N4. The van der Waals surface area contributed by atoms with E-state index in [4.69, 9.17) is 5.73 Å². The van der Waals surface area contributed by atoms with E-state index in [-0.39, 0.29) is 0 Å². The van der Waals surface area contributed by atoms with Crippen LogP contribution < -0.4 is 5.73 Å². The van der Waals surface area contributed by atoms with Gasteiger partial charge in [-0.15, -0.1) is 0 Å². The lowest BCUT2D eigenvalue weighted by atomic mass is 9.72. The van der Waals surface area contributed by atoms with Gasteiger partial charge in [0.1, 0.15) is 0 Å². The SMILES string of the molecule is NC[C@@H]1CC[C@@H]1c1cn[nH]n1. The minimum absolute atomic E-state index is 0.568. The molecule has 1 aromatic rings. The molecular weight excluding hydrogens is 140 g/mol. The van der Waals surface area contributed by atoms with Crippen molar-refractivity contribution in [2.45, 2.75) is 18.8 Å². The molecule has 0 bridgehead atoms. The smallest absolute Gasteiger partial charge is 0.0858 e. The number of nitrogens with zero attached hydrogens (tertiary/aromatic N) is 2. The first kappa shape index (κ1) is 6.79. The zero-order valence-corrected chi connectivity index (χ0v) is 6.33. The van der Waals surface area contributed by atoms with Crippen molar-refractivity contribution in [2.75, 3.05) is 6.54 Å². The minimum Gasteiger partial charge on any atom is -0.330 e. The monoisotopic (exact) mass is 152 g/mol. The average molecular weight is 152 g/mol. The molecule has 0 amide bonds. The van der Waals surface area contributed by atoms with Crippen molar-refractivity contribution in [3.63, 3.8) is 0 Å². The molecule has 1 aliphatic carbocycles. The van der Waals surface area contributed by atoms with E-state index in [1.165, 1.54) is 12.8 Å². The highest BCUT2D eigenvalue weighted by Gasteiger charge is 2.32. The second-order valence-electron chi connectivity index (χ2n) is 3.07. The number of rotatable bonds is 2. The minimum atomic E-state index is 0.568. The Bertz CT molecular complexity index is 216. The largest absolute Gasteiger partial charge is 0.330 e. The second-order valence-corrected chi connectivity index (χ2v) is 3.07. The number of aromatic amines is 1. The molecule has 4 nitrogen and oxygen atoms in total. The number of aromatic nitrogens is 3. The second kappa shape index (κ2) is 2.62. The summed E-state index contributed by atoms with van der Waals surface area (Å²) in [5, 5.41) is 10.4. The van der Waals surface area contributed by atoms with Crippen LogP contribution in [0.4, 0.5) is 0 Å². The van der Waals surface area contributed by atoms with Crippen LogP contribution in [0.3, 0.4) is 0 Å². The third kappa shape index (κ3) is 1.03. The molecule has 1 fully saturated rings. The zero-order chi connectivity index (χ0) is 7.68. The summed E-state index contributed by atoms with van der Waals surface area (Å²) in [5.74, 6) is 1.21. The van der Waals surface area contributed by atoms with Crippen molar-refractivity contribution in [1.82, 2.24) is 15.4 Å².